The third-order valence-corrected chi connectivity index (χ3v) is 5.95. The summed E-state index contributed by atoms with van der Waals surface area (Å²) in [5.74, 6) is -0.0709. The summed E-state index contributed by atoms with van der Waals surface area (Å²) in [6.45, 7) is 0.730. The molecule has 5 nitrogen and oxygen atoms in total. The van der Waals surface area contributed by atoms with Crippen molar-refractivity contribution in [3.8, 4) is 0 Å². The number of nitrogens with zero attached hydrogens (tertiary/aromatic N) is 1. The first-order valence-electron chi connectivity index (χ1n) is 7.61. The van der Waals surface area contributed by atoms with Gasteiger partial charge in [0.25, 0.3) is 0 Å². The zero-order chi connectivity index (χ0) is 17.2. The van der Waals surface area contributed by atoms with Gasteiger partial charge in [0.2, 0.25) is 15.9 Å². The number of sulfonamides is 1. The Morgan fingerprint density at radius 2 is 1.83 bits per heavy atom. The highest BCUT2D eigenvalue weighted by molar-refractivity contribution is 9.10. The Balaban J connectivity index is 1.59. The first-order valence-corrected chi connectivity index (χ1v) is 9.88. The van der Waals surface area contributed by atoms with Crippen LogP contribution in [-0.4, -0.2) is 27.4 Å². The predicted octanol–water partition coefficient (Wildman–Crippen LogP) is 2.71. The second-order valence-electron chi connectivity index (χ2n) is 5.53. The molecule has 1 amide bonds. The van der Waals surface area contributed by atoms with Gasteiger partial charge in [-0.05, 0) is 42.3 Å². The molecule has 0 saturated carbocycles. The van der Waals surface area contributed by atoms with Gasteiger partial charge in [0.1, 0.15) is 0 Å². The highest BCUT2D eigenvalue weighted by atomic mass is 79.9. The Labute approximate surface area is 149 Å². The van der Waals surface area contributed by atoms with Crippen molar-refractivity contribution < 1.29 is 13.2 Å². The molecule has 0 spiro atoms. The lowest BCUT2D eigenvalue weighted by molar-refractivity contribution is -0.118. The van der Waals surface area contributed by atoms with Crippen LogP contribution in [0.4, 0.5) is 5.69 Å². The highest BCUT2D eigenvalue weighted by Gasteiger charge is 2.24. The molecule has 0 aliphatic carbocycles. The van der Waals surface area contributed by atoms with Gasteiger partial charge in [-0.2, -0.15) is 0 Å². The second-order valence-corrected chi connectivity index (χ2v) is 8.21. The molecule has 3 rings (SSSR count). The van der Waals surface area contributed by atoms with Crippen molar-refractivity contribution in [1.82, 2.24) is 4.72 Å². The topological polar surface area (TPSA) is 66.5 Å². The largest absolute Gasteiger partial charge is 0.312 e. The van der Waals surface area contributed by atoms with Gasteiger partial charge in [-0.3, -0.25) is 4.79 Å². The van der Waals surface area contributed by atoms with Crippen LogP contribution in [0.1, 0.15) is 12.0 Å². The minimum atomic E-state index is -3.60. The van der Waals surface area contributed by atoms with Gasteiger partial charge in [-0.1, -0.05) is 34.1 Å². The fourth-order valence-electron chi connectivity index (χ4n) is 2.72. The van der Waals surface area contributed by atoms with Crippen LogP contribution in [0.2, 0.25) is 0 Å². The summed E-state index contributed by atoms with van der Waals surface area (Å²) in [4.78, 5) is 14.3. The molecule has 0 radical (unpaired) electrons. The number of fused-ring (bicyclic) bond motifs is 1. The van der Waals surface area contributed by atoms with Crippen molar-refractivity contribution in [2.24, 2.45) is 0 Å². The molecule has 1 heterocycles. The average molecular weight is 409 g/mol. The molecule has 126 valence electrons. The van der Waals surface area contributed by atoms with Crippen LogP contribution in [0.15, 0.2) is 57.9 Å². The van der Waals surface area contributed by atoms with Gasteiger partial charge < -0.3 is 4.90 Å². The lowest BCUT2D eigenvalue weighted by Gasteiger charge is -2.17. The Hall–Kier alpha value is -1.70. The first kappa shape index (κ1) is 17.1. The third kappa shape index (κ3) is 3.68. The summed E-state index contributed by atoms with van der Waals surface area (Å²) in [6, 6.07) is 14.2. The van der Waals surface area contributed by atoms with Gasteiger partial charge >= 0.3 is 0 Å². The lowest BCUT2D eigenvalue weighted by atomic mass is 10.2. The minimum absolute atomic E-state index is 0.0709. The van der Waals surface area contributed by atoms with E-state index in [2.05, 4.69) is 20.7 Å². The lowest BCUT2D eigenvalue weighted by Crippen LogP contribution is -2.33. The summed E-state index contributed by atoms with van der Waals surface area (Å²) in [6.07, 6.45) is 0.969. The van der Waals surface area contributed by atoms with Crippen LogP contribution in [0.5, 0.6) is 0 Å². The Morgan fingerprint density at radius 3 is 2.58 bits per heavy atom. The van der Waals surface area contributed by atoms with Crippen LogP contribution >= 0.6 is 15.9 Å². The van der Waals surface area contributed by atoms with E-state index in [1.54, 1.807) is 17.0 Å². The van der Waals surface area contributed by atoms with Gasteiger partial charge in [0, 0.05) is 29.7 Å². The Morgan fingerprint density at radius 1 is 1.12 bits per heavy atom. The van der Waals surface area contributed by atoms with Gasteiger partial charge in [0.15, 0.2) is 0 Å². The fraction of sp³-hybridized carbons (Fsp3) is 0.235. The van der Waals surface area contributed by atoms with E-state index in [0.29, 0.717) is 6.54 Å². The number of anilines is 1. The summed E-state index contributed by atoms with van der Waals surface area (Å²) in [7, 11) is -3.60. The van der Waals surface area contributed by atoms with Crippen LogP contribution in [0.3, 0.4) is 0 Å². The number of para-hydroxylation sites is 1. The van der Waals surface area contributed by atoms with Crippen molar-refractivity contribution in [2.75, 3.05) is 18.0 Å². The summed E-state index contributed by atoms with van der Waals surface area (Å²) in [5.41, 5.74) is 2.08. The second kappa shape index (κ2) is 7.04. The van der Waals surface area contributed by atoms with Crippen molar-refractivity contribution in [2.45, 2.75) is 17.7 Å². The number of hydrogen-bond acceptors (Lipinski definition) is 3. The number of carbonyl (C=O) groups excluding carboxylic acids is 1. The summed E-state index contributed by atoms with van der Waals surface area (Å²) in [5, 5.41) is 0. The van der Waals surface area contributed by atoms with E-state index in [1.807, 2.05) is 24.3 Å². The number of amides is 1. The molecule has 0 atom stereocenters. The van der Waals surface area contributed by atoms with E-state index in [4.69, 9.17) is 0 Å². The molecule has 0 saturated heterocycles. The molecule has 1 aliphatic rings. The van der Waals surface area contributed by atoms with E-state index in [-0.39, 0.29) is 23.8 Å². The van der Waals surface area contributed by atoms with E-state index in [9.17, 15) is 13.2 Å². The average Bonchev–Trinajstić information content (AvgIpc) is 2.99. The van der Waals surface area contributed by atoms with Crippen molar-refractivity contribution >= 4 is 37.5 Å². The highest BCUT2D eigenvalue weighted by Crippen LogP contribution is 2.27. The number of halogens is 1. The number of nitrogens with one attached hydrogen (secondary N) is 1. The molecule has 1 N–H and O–H groups in total. The monoisotopic (exact) mass is 408 g/mol. The van der Waals surface area contributed by atoms with E-state index >= 15 is 0 Å². The Bertz CT molecular complexity index is 850. The van der Waals surface area contributed by atoms with Crippen LogP contribution in [0.25, 0.3) is 0 Å². The number of carbonyl (C=O) groups is 1. The fourth-order valence-corrected chi connectivity index (χ4v) is 4.02. The van der Waals surface area contributed by atoms with E-state index in [0.717, 1.165) is 22.1 Å². The molecule has 0 bridgehead atoms. The summed E-state index contributed by atoms with van der Waals surface area (Å²) < 4.78 is 27.7. The normalized spacial score (nSPS) is 13.8. The van der Waals surface area contributed by atoms with Crippen LogP contribution in [0, 0.1) is 0 Å². The molecule has 2 aromatic carbocycles. The molecule has 7 heteroatoms. The first-order chi connectivity index (χ1) is 11.5. The minimum Gasteiger partial charge on any atom is -0.312 e. The summed E-state index contributed by atoms with van der Waals surface area (Å²) >= 11 is 3.27. The maximum atomic E-state index is 12.4. The van der Waals surface area contributed by atoms with Gasteiger partial charge in [-0.15, -0.1) is 0 Å². The maximum Gasteiger partial charge on any atom is 0.240 e. The maximum absolute atomic E-state index is 12.4. The van der Waals surface area contributed by atoms with Crippen LogP contribution in [-0.2, 0) is 21.2 Å². The van der Waals surface area contributed by atoms with E-state index in [1.165, 1.54) is 12.1 Å². The van der Waals surface area contributed by atoms with Crippen LogP contribution < -0.4 is 9.62 Å². The SMILES string of the molecule is O=C(CCNS(=O)(=O)c1ccc(Br)cc1)N1CCc2ccccc21. The van der Waals surface area contributed by atoms with Crippen molar-refractivity contribution in [3.63, 3.8) is 0 Å². The standard InChI is InChI=1S/C17H17BrN2O3S/c18-14-5-7-15(8-6-14)24(22,23)19-11-9-17(21)20-12-10-13-3-1-2-4-16(13)20/h1-8,19H,9-12H2. The quantitative estimate of drug-likeness (QED) is 0.826. The molecular weight excluding hydrogens is 392 g/mol. The molecule has 0 fully saturated rings. The molecule has 24 heavy (non-hydrogen) atoms. The number of hydrogen-bond donors (Lipinski definition) is 1. The molecule has 0 unspecified atom stereocenters. The zero-order valence-corrected chi connectivity index (χ0v) is 15.3. The Kier molecular flexibility index (Phi) is 5.03. The van der Waals surface area contributed by atoms with Gasteiger partial charge in [-0.25, -0.2) is 13.1 Å². The molecule has 2 aromatic rings. The third-order valence-electron chi connectivity index (χ3n) is 3.94. The van der Waals surface area contributed by atoms with Gasteiger partial charge in [0.05, 0.1) is 4.90 Å². The molecule has 0 aromatic heterocycles. The van der Waals surface area contributed by atoms with Crippen molar-refractivity contribution in [3.05, 3.63) is 58.6 Å². The zero-order valence-electron chi connectivity index (χ0n) is 12.9. The molecular formula is C17H17BrN2O3S. The molecule has 1 aliphatic heterocycles. The predicted molar refractivity (Wildman–Crippen MR) is 96.4 cm³/mol. The van der Waals surface area contributed by atoms with E-state index < -0.39 is 10.0 Å². The smallest absolute Gasteiger partial charge is 0.240 e. The number of rotatable bonds is 5. The van der Waals surface area contributed by atoms with Crippen molar-refractivity contribution in [1.29, 1.82) is 0 Å². The number of benzene rings is 2.